The van der Waals surface area contributed by atoms with Crippen LogP contribution in [-0.4, -0.2) is 31.4 Å². The van der Waals surface area contributed by atoms with E-state index >= 15 is 0 Å². The van der Waals surface area contributed by atoms with Crippen LogP contribution in [0.2, 0.25) is 0 Å². The molecule has 3 N–H and O–H groups in total. The Balaban J connectivity index is 0.000000791. The number of carboxylic acids is 1. The van der Waals surface area contributed by atoms with Crippen LogP contribution in [0.1, 0.15) is 0 Å². The summed E-state index contributed by atoms with van der Waals surface area (Å²) >= 11 is 0. The lowest BCUT2D eigenvalue weighted by molar-refractivity contribution is -0.137. The Morgan fingerprint density at radius 1 is 1.43 bits per heavy atom. The van der Waals surface area contributed by atoms with Gasteiger partial charge >= 0.3 is 5.97 Å². The van der Waals surface area contributed by atoms with Crippen molar-refractivity contribution in [1.82, 2.24) is 0 Å². The topological polar surface area (TPSA) is 97.5 Å². The summed E-state index contributed by atoms with van der Waals surface area (Å²) in [6, 6.07) is 0. The average molecular weight is 217 g/mol. The first-order valence-corrected chi connectivity index (χ1v) is 4.82. The summed E-state index contributed by atoms with van der Waals surface area (Å²) in [6.45, 7) is 0. The number of hydrogen-bond acceptors (Lipinski definition) is 4. The Labute approximate surface area is 83.1 Å². The van der Waals surface area contributed by atoms with Crippen molar-refractivity contribution in [3.05, 3.63) is 24.3 Å². The van der Waals surface area contributed by atoms with Gasteiger partial charge < -0.3 is 10.8 Å². The summed E-state index contributed by atoms with van der Waals surface area (Å²) in [4.78, 5) is 10.4. The Morgan fingerprint density at radius 2 is 2.00 bits per heavy atom. The summed E-state index contributed by atoms with van der Waals surface area (Å²) in [7, 11) is -0.955. The standard InChI is InChI=1S/C7H6O4S.CH5N/c8-7(9)5-3-1-2-4-6(5)12(10)11;1-2/h1-5H,(H,8,9);2H2,1H3. The maximum Gasteiger partial charge on any atom is 0.315 e. The highest BCUT2D eigenvalue weighted by Crippen LogP contribution is 2.08. The van der Waals surface area contributed by atoms with Crippen LogP contribution in [0, 0.1) is 5.92 Å². The van der Waals surface area contributed by atoms with Crippen molar-refractivity contribution in [3.63, 3.8) is 0 Å². The van der Waals surface area contributed by atoms with Gasteiger partial charge in [-0.3, -0.25) is 4.79 Å². The van der Waals surface area contributed by atoms with Gasteiger partial charge in [0.25, 0.3) is 0 Å². The second-order valence-corrected chi connectivity index (χ2v) is 3.14. The van der Waals surface area contributed by atoms with Gasteiger partial charge in [-0.25, -0.2) is 0 Å². The summed E-state index contributed by atoms with van der Waals surface area (Å²) in [5.74, 6) is -2.19. The normalized spacial score (nSPS) is 18.4. The molecule has 0 heterocycles. The number of nitrogens with two attached hydrogens (primary N) is 1. The minimum atomic E-state index is -2.45. The van der Waals surface area contributed by atoms with Gasteiger partial charge in [0, 0.05) is 0 Å². The molecule has 78 valence electrons. The second kappa shape index (κ2) is 6.11. The Bertz CT molecular complexity index is 384. The van der Waals surface area contributed by atoms with Gasteiger partial charge in [-0.05, 0) is 13.1 Å². The number of carbonyl (C=O) groups is 1. The minimum Gasteiger partial charge on any atom is -0.481 e. The highest BCUT2D eigenvalue weighted by Gasteiger charge is 2.21. The number of hydrogen-bond donors (Lipinski definition) is 2. The van der Waals surface area contributed by atoms with E-state index in [0.29, 0.717) is 0 Å². The van der Waals surface area contributed by atoms with E-state index in [0.717, 1.165) is 0 Å². The summed E-state index contributed by atoms with van der Waals surface area (Å²) in [5.41, 5.74) is 4.50. The zero-order valence-electron chi connectivity index (χ0n) is 7.54. The first-order chi connectivity index (χ1) is 6.63. The fraction of sp³-hybridized carbons (Fsp3) is 0.250. The molecule has 0 aliphatic heterocycles. The smallest absolute Gasteiger partial charge is 0.315 e. The highest BCUT2D eigenvalue weighted by atomic mass is 32.2. The largest absolute Gasteiger partial charge is 0.481 e. The van der Waals surface area contributed by atoms with Crippen molar-refractivity contribution in [1.29, 1.82) is 0 Å². The molecule has 1 aliphatic rings. The fourth-order valence-corrected chi connectivity index (χ4v) is 1.46. The summed E-state index contributed by atoms with van der Waals surface area (Å²) < 4.78 is 21.0. The van der Waals surface area contributed by atoms with Gasteiger partial charge in [0.1, 0.15) is 5.92 Å². The number of aliphatic carboxylic acids is 1. The minimum absolute atomic E-state index is 0.106. The zero-order chi connectivity index (χ0) is 11.1. The van der Waals surface area contributed by atoms with Crippen molar-refractivity contribution in [3.8, 4) is 0 Å². The van der Waals surface area contributed by atoms with E-state index in [1.165, 1.54) is 31.4 Å². The predicted molar refractivity (Wildman–Crippen MR) is 53.4 cm³/mol. The van der Waals surface area contributed by atoms with E-state index in [2.05, 4.69) is 5.73 Å². The van der Waals surface area contributed by atoms with E-state index in [-0.39, 0.29) is 4.86 Å². The third-order valence-electron chi connectivity index (χ3n) is 1.44. The second-order valence-electron chi connectivity index (χ2n) is 2.20. The molecule has 0 aromatic rings. The lowest BCUT2D eigenvalue weighted by Gasteiger charge is -2.06. The molecule has 0 spiro atoms. The van der Waals surface area contributed by atoms with Crippen LogP contribution in [0.4, 0.5) is 0 Å². The first kappa shape index (κ1) is 12.6. The molecule has 0 fully saturated rings. The maximum absolute atomic E-state index is 10.5. The van der Waals surface area contributed by atoms with Gasteiger partial charge in [-0.15, -0.1) is 0 Å². The molecule has 1 aliphatic carbocycles. The van der Waals surface area contributed by atoms with Crippen LogP contribution >= 0.6 is 0 Å². The van der Waals surface area contributed by atoms with Gasteiger partial charge in [-0.2, -0.15) is 8.42 Å². The van der Waals surface area contributed by atoms with E-state index in [9.17, 15) is 13.2 Å². The van der Waals surface area contributed by atoms with Crippen LogP contribution in [0.3, 0.4) is 0 Å². The van der Waals surface area contributed by atoms with Gasteiger partial charge in [0.05, 0.1) is 4.86 Å². The highest BCUT2D eigenvalue weighted by molar-refractivity contribution is 7.73. The number of rotatable bonds is 1. The predicted octanol–water partition coefficient (Wildman–Crippen LogP) is -0.560. The molecule has 5 nitrogen and oxygen atoms in total. The van der Waals surface area contributed by atoms with Crippen LogP contribution in [0.25, 0.3) is 0 Å². The van der Waals surface area contributed by atoms with Crippen LogP contribution in [-0.2, 0) is 15.1 Å². The molecule has 0 saturated carbocycles. The maximum atomic E-state index is 10.5. The molecule has 1 rings (SSSR count). The Kier molecular flexibility index (Phi) is 5.50. The number of carboxylic acid groups (broad SMARTS) is 1. The lowest BCUT2D eigenvalue weighted by atomic mass is 10.0. The van der Waals surface area contributed by atoms with E-state index in [1.54, 1.807) is 0 Å². The van der Waals surface area contributed by atoms with Crippen molar-refractivity contribution in [2.75, 3.05) is 7.05 Å². The van der Waals surface area contributed by atoms with Crippen LogP contribution in [0.5, 0.6) is 0 Å². The lowest BCUT2D eigenvalue weighted by Crippen LogP contribution is -2.22. The molecular formula is C8H11NO4S. The van der Waals surface area contributed by atoms with E-state index < -0.39 is 22.2 Å². The average Bonchev–Trinajstić information content (AvgIpc) is 2.20. The summed E-state index contributed by atoms with van der Waals surface area (Å²) in [6.07, 6.45) is 5.61. The van der Waals surface area contributed by atoms with Crippen molar-refractivity contribution in [2.24, 2.45) is 11.7 Å². The molecule has 0 aromatic carbocycles. The monoisotopic (exact) mass is 217 g/mol. The van der Waals surface area contributed by atoms with Crippen molar-refractivity contribution >= 4 is 21.1 Å². The Morgan fingerprint density at radius 3 is 2.36 bits per heavy atom. The van der Waals surface area contributed by atoms with Crippen LogP contribution in [0.15, 0.2) is 24.3 Å². The fourth-order valence-electron chi connectivity index (χ4n) is 0.887. The Hall–Kier alpha value is -1.40. The molecule has 0 radical (unpaired) electrons. The quantitative estimate of drug-likeness (QED) is 0.574. The van der Waals surface area contributed by atoms with E-state index in [4.69, 9.17) is 5.11 Å². The SMILES string of the molecule is CN.O=C(O)C1C=CC=CC1=S(=O)=O. The molecule has 0 saturated heterocycles. The molecule has 6 heteroatoms. The third-order valence-corrected chi connectivity index (χ3v) is 2.22. The molecule has 14 heavy (non-hydrogen) atoms. The third kappa shape index (κ3) is 3.15. The van der Waals surface area contributed by atoms with Gasteiger partial charge in [-0.1, -0.05) is 18.2 Å². The van der Waals surface area contributed by atoms with Crippen LogP contribution < -0.4 is 5.73 Å². The molecule has 0 bridgehead atoms. The molecule has 1 unspecified atom stereocenters. The van der Waals surface area contributed by atoms with E-state index in [1.807, 2.05) is 0 Å². The van der Waals surface area contributed by atoms with Gasteiger partial charge in [0.15, 0.2) is 0 Å². The molecule has 0 aromatic heterocycles. The van der Waals surface area contributed by atoms with Crippen molar-refractivity contribution < 1.29 is 18.3 Å². The summed E-state index contributed by atoms with van der Waals surface area (Å²) in [5, 5.41) is 8.58. The molecule has 1 atom stereocenters. The number of allylic oxidation sites excluding steroid dienone is 3. The first-order valence-electron chi connectivity index (χ1n) is 3.74. The molecular weight excluding hydrogens is 206 g/mol. The van der Waals surface area contributed by atoms with Gasteiger partial charge in [0.2, 0.25) is 10.3 Å². The molecule has 0 amide bonds. The zero-order valence-corrected chi connectivity index (χ0v) is 8.36. The van der Waals surface area contributed by atoms with Crippen molar-refractivity contribution in [2.45, 2.75) is 0 Å².